The minimum absolute atomic E-state index is 0.672. The normalized spacial score (nSPS) is 11.2. The Morgan fingerprint density at radius 1 is 0.950 bits per heavy atom. The molecule has 0 spiro atoms. The third-order valence-electron chi connectivity index (χ3n) is 3.19. The maximum absolute atomic E-state index is 5.79. The van der Waals surface area contributed by atoms with Gasteiger partial charge in [0.2, 0.25) is 0 Å². The smallest absolute Gasteiger partial charge is 0.167 e. The molecule has 2 heterocycles. The Balaban J connectivity index is 2.07. The van der Waals surface area contributed by atoms with Crippen LogP contribution in [0.1, 0.15) is 0 Å². The minimum atomic E-state index is 0.672. The maximum atomic E-state index is 5.79. The average Bonchev–Trinajstić information content (AvgIpc) is 2.90. The second-order valence-electron chi connectivity index (χ2n) is 4.46. The number of nitrogens with two attached hydrogens (primary N) is 1. The van der Waals surface area contributed by atoms with Gasteiger partial charge in [0, 0.05) is 11.1 Å². The molecule has 0 fully saturated rings. The van der Waals surface area contributed by atoms with Crippen LogP contribution in [0.15, 0.2) is 48.8 Å². The van der Waals surface area contributed by atoms with Crippen LogP contribution >= 0.6 is 0 Å². The second-order valence-corrected chi connectivity index (χ2v) is 4.46. The van der Waals surface area contributed by atoms with Crippen molar-refractivity contribution < 1.29 is 0 Å². The third kappa shape index (κ3) is 1.51. The summed E-state index contributed by atoms with van der Waals surface area (Å²) in [6.45, 7) is 0. The van der Waals surface area contributed by atoms with Crippen molar-refractivity contribution in [2.45, 2.75) is 0 Å². The van der Waals surface area contributed by atoms with Crippen LogP contribution in [-0.2, 0) is 0 Å². The molecule has 0 bridgehead atoms. The van der Waals surface area contributed by atoms with E-state index in [1.807, 2.05) is 42.5 Å². The lowest BCUT2D eigenvalue weighted by atomic mass is 10.2. The highest BCUT2D eigenvalue weighted by Gasteiger charge is 2.11. The molecule has 6 heteroatoms. The lowest BCUT2D eigenvalue weighted by Crippen LogP contribution is -2.02. The van der Waals surface area contributed by atoms with E-state index in [-0.39, 0.29) is 0 Å². The molecule has 2 aromatic carbocycles. The van der Waals surface area contributed by atoms with Gasteiger partial charge >= 0.3 is 0 Å². The molecule has 0 atom stereocenters. The van der Waals surface area contributed by atoms with E-state index in [0.29, 0.717) is 11.5 Å². The predicted octanol–water partition coefficient (Wildman–Crippen LogP) is 1.95. The van der Waals surface area contributed by atoms with Gasteiger partial charge in [0.1, 0.15) is 11.8 Å². The number of hydrogen-bond acceptors (Lipinski definition) is 5. The minimum Gasteiger partial charge on any atom is -0.399 e. The van der Waals surface area contributed by atoms with Crippen LogP contribution in [0.5, 0.6) is 0 Å². The van der Waals surface area contributed by atoms with Crippen molar-refractivity contribution in [2.24, 2.45) is 0 Å². The van der Waals surface area contributed by atoms with Gasteiger partial charge in [-0.15, -0.1) is 5.10 Å². The molecule has 4 aromatic rings. The molecule has 0 aliphatic carbocycles. The average molecular weight is 262 g/mol. The maximum Gasteiger partial charge on any atom is 0.167 e. The first-order valence-electron chi connectivity index (χ1n) is 6.14. The zero-order valence-electron chi connectivity index (χ0n) is 10.4. The Kier molecular flexibility index (Phi) is 2.17. The van der Waals surface area contributed by atoms with Crippen molar-refractivity contribution in [3.8, 4) is 5.82 Å². The number of nitrogens with zero attached hydrogens (tertiary/aromatic N) is 5. The van der Waals surface area contributed by atoms with Gasteiger partial charge in [-0.05, 0) is 30.3 Å². The molecule has 0 aliphatic rings. The van der Waals surface area contributed by atoms with Crippen LogP contribution in [0.25, 0.3) is 27.8 Å². The first kappa shape index (κ1) is 10.9. The molecular formula is C14H10N6. The SMILES string of the molecule is Nc1ccc2c(-n3nnc4ccccc43)ncnc2c1. The van der Waals surface area contributed by atoms with Crippen LogP contribution in [0.4, 0.5) is 5.69 Å². The molecule has 4 rings (SSSR count). The zero-order chi connectivity index (χ0) is 13.5. The Labute approximate surface area is 113 Å². The van der Waals surface area contributed by atoms with Gasteiger partial charge in [-0.2, -0.15) is 4.68 Å². The van der Waals surface area contributed by atoms with Gasteiger partial charge in [0.15, 0.2) is 5.82 Å². The molecule has 20 heavy (non-hydrogen) atoms. The second kappa shape index (κ2) is 3.99. The van der Waals surface area contributed by atoms with Crippen LogP contribution in [0.3, 0.4) is 0 Å². The quantitative estimate of drug-likeness (QED) is 0.530. The molecule has 0 amide bonds. The summed E-state index contributed by atoms with van der Waals surface area (Å²) in [5.74, 6) is 0.698. The standard InChI is InChI=1S/C14H10N6/c15-9-5-6-10-12(7-9)16-8-17-14(10)20-13-4-2-1-3-11(13)18-19-20/h1-8H,15H2. The van der Waals surface area contributed by atoms with Crippen molar-refractivity contribution in [1.82, 2.24) is 25.0 Å². The van der Waals surface area contributed by atoms with Gasteiger partial charge in [0.05, 0.1) is 11.0 Å². The largest absolute Gasteiger partial charge is 0.399 e. The van der Waals surface area contributed by atoms with Gasteiger partial charge in [-0.3, -0.25) is 0 Å². The highest BCUT2D eigenvalue weighted by Crippen LogP contribution is 2.22. The van der Waals surface area contributed by atoms with E-state index < -0.39 is 0 Å². The van der Waals surface area contributed by atoms with Gasteiger partial charge in [-0.25, -0.2) is 9.97 Å². The van der Waals surface area contributed by atoms with E-state index in [4.69, 9.17) is 5.73 Å². The van der Waals surface area contributed by atoms with Crippen molar-refractivity contribution in [3.63, 3.8) is 0 Å². The fourth-order valence-corrected chi connectivity index (χ4v) is 2.25. The number of fused-ring (bicyclic) bond motifs is 2. The van der Waals surface area contributed by atoms with E-state index in [1.54, 1.807) is 4.68 Å². The summed E-state index contributed by atoms with van der Waals surface area (Å²) in [6, 6.07) is 13.3. The summed E-state index contributed by atoms with van der Waals surface area (Å²) in [7, 11) is 0. The molecule has 0 saturated heterocycles. The number of para-hydroxylation sites is 1. The zero-order valence-corrected chi connectivity index (χ0v) is 10.4. The highest BCUT2D eigenvalue weighted by atomic mass is 15.4. The monoisotopic (exact) mass is 262 g/mol. The van der Waals surface area contributed by atoms with Gasteiger partial charge < -0.3 is 5.73 Å². The molecule has 2 aromatic heterocycles. The number of nitrogen functional groups attached to an aromatic ring is 1. The third-order valence-corrected chi connectivity index (χ3v) is 3.19. The number of aromatic nitrogens is 5. The molecule has 2 N–H and O–H groups in total. The number of benzene rings is 2. The van der Waals surface area contributed by atoms with Crippen LogP contribution in [0.2, 0.25) is 0 Å². The van der Waals surface area contributed by atoms with Crippen LogP contribution in [-0.4, -0.2) is 25.0 Å². The first-order valence-corrected chi connectivity index (χ1v) is 6.14. The summed E-state index contributed by atoms with van der Waals surface area (Å²) in [5, 5.41) is 9.22. The Hall–Kier alpha value is -3.02. The van der Waals surface area contributed by atoms with Crippen molar-refractivity contribution >= 4 is 27.6 Å². The van der Waals surface area contributed by atoms with E-state index in [1.165, 1.54) is 6.33 Å². The fourth-order valence-electron chi connectivity index (χ4n) is 2.25. The number of anilines is 1. The molecule has 0 unspecified atom stereocenters. The van der Waals surface area contributed by atoms with Gasteiger partial charge in [-0.1, -0.05) is 17.3 Å². The molecule has 0 saturated carbocycles. The van der Waals surface area contributed by atoms with E-state index >= 15 is 0 Å². The van der Waals surface area contributed by atoms with E-state index in [0.717, 1.165) is 21.9 Å². The Morgan fingerprint density at radius 2 is 1.85 bits per heavy atom. The Morgan fingerprint density at radius 3 is 2.80 bits per heavy atom. The first-order chi connectivity index (χ1) is 9.83. The summed E-state index contributed by atoms with van der Waals surface area (Å²) in [6.07, 6.45) is 1.51. The van der Waals surface area contributed by atoms with Crippen LogP contribution < -0.4 is 5.73 Å². The lowest BCUT2D eigenvalue weighted by Gasteiger charge is -2.05. The number of hydrogen-bond donors (Lipinski definition) is 1. The predicted molar refractivity (Wildman–Crippen MR) is 76.4 cm³/mol. The summed E-state index contributed by atoms with van der Waals surface area (Å²) in [5.41, 5.74) is 8.98. The van der Waals surface area contributed by atoms with Crippen molar-refractivity contribution in [1.29, 1.82) is 0 Å². The lowest BCUT2D eigenvalue weighted by molar-refractivity contribution is 0.805. The van der Waals surface area contributed by atoms with Crippen LogP contribution in [0, 0.1) is 0 Å². The summed E-state index contributed by atoms with van der Waals surface area (Å²) in [4.78, 5) is 8.58. The molecule has 0 radical (unpaired) electrons. The number of rotatable bonds is 1. The molecule has 0 aliphatic heterocycles. The fraction of sp³-hybridized carbons (Fsp3) is 0. The van der Waals surface area contributed by atoms with Crippen molar-refractivity contribution in [3.05, 3.63) is 48.8 Å². The highest BCUT2D eigenvalue weighted by molar-refractivity contribution is 5.89. The van der Waals surface area contributed by atoms with Gasteiger partial charge in [0.25, 0.3) is 0 Å². The van der Waals surface area contributed by atoms with E-state index in [9.17, 15) is 0 Å². The van der Waals surface area contributed by atoms with E-state index in [2.05, 4.69) is 20.3 Å². The Bertz CT molecular complexity index is 927. The summed E-state index contributed by atoms with van der Waals surface area (Å²) < 4.78 is 1.72. The van der Waals surface area contributed by atoms with Crippen molar-refractivity contribution in [2.75, 3.05) is 5.73 Å². The summed E-state index contributed by atoms with van der Waals surface area (Å²) >= 11 is 0. The molecular weight excluding hydrogens is 252 g/mol. The topological polar surface area (TPSA) is 82.5 Å². The molecule has 6 nitrogen and oxygen atoms in total. The molecule has 96 valence electrons.